The summed E-state index contributed by atoms with van der Waals surface area (Å²) in [6, 6.07) is 4.55. The van der Waals surface area contributed by atoms with Crippen LogP contribution in [0.3, 0.4) is 0 Å². The van der Waals surface area contributed by atoms with Crippen molar-refractivity contribution in [1.29, 1.82) is 0 Å². The summed E-state index contributed by atoms with van der Waals surface area (Å²) in [6.45, 7) is 4.60. The molecule has 2 aliphatic heterocycles. The minimum absolute atomic E-state index is 0.115. The molecule has 2 aromatic rings. The first-order valence-corrected chi connectivity index (χ1v) is 9.40. The number of amides is 2. The van der Waals surface area contributed by atoms with E-state index in [0.29, 0.717) is 29.9 Å². The van der Waals surface area contributed by atoms with Crippen molar-refractivity contribution in [3.63, 3.8) is 0 Å². The average molecular weight is 400 g/mol. The summed E-state index contributed by atoms with van der Waals surface area (Å²) < 4.78 is 23.3. The Bertz CT molecular complexity index is 1080. The molecular weight excluding hydrogens is 379 g/mol. The Labute approximate surface area is 166 Å². The molecule has 1 atom stereocenters. The molecule has 2 amide bonds. The third kappa shape index (κ3) is 3.43. The van der Waals surface area contributed by atoms with Crippen LogP contribution in [0.1, 0.15) is 25.1 Å². The van der Waals surface area contributed by atoms with E-state index >= 15 is 0 Å². The van der Waals surface area contributed by atoms with Crippen LogP contribution in [-0.4, -0.2) is 40.3 Å². The van der Waals surface area contributed by atoms with Crippen molar-refractivity contribution in [2.24, 2.45) is 0 Å². The fourth-order valence-corrected chi connectivity index (χ4v) is 3.64. The molecule has 0 unspecified atom stereocenters. The number of ether oxygens (including phenoxy) is 1. The standard InChI is InChI=1S/C20H21FN4O4/c1-3-23-10-15-6-13(9-24(15)19(23)27)17-5-4-14(7-18(17)21)25-11-16(29-20(25)28)8-22-12(2)26/h4-7,10,16H,3,8-9,11H2,1-2H3,(H,22,26)/t16-/m0/s1. The summed E-state index contributed by atoms with van der Waals surface area (Å²) in [5.74, 6) is -0.690. The van der Waals surface area contributed by atoms with E-state index in [1.54, 1.807) is 33.5 Å². The van der Waals surface area contributed by atoms with Crippen LogP contribution in [-0.2, 0) is 22.6 Å². The Hall–Kier alpha value is -3.36. The first-order chi connectivity index (χ1) is 13.9. The average Bonchev–Trinajstić information content (AvgIpc) is 3.34. The van der Waals surface area contributed by atoms with Crippen molar-refractivity contribution < 1.29 is 18.7 Å². The van der Waals surface area contributed by atoms with Crippen molar-refractivity contribution >= 4 is 29.3 Å². The highest BCUT2D eigenvalue weighted by molar-refractivity contribution is 5.91. The van der Waals surface area contributed by atoms with Crippen LogP contribution in [0.5, 0.6) is 0 Å². The number of carbonyl (C=O) groups excluding carboxylic acids is 2. The van der Waals surface area contributed by atoms with Gasteiger partial charge in [0.15, 0.2) is 0 Å². The number of allylic oxidation sites excluding steroid dienone is 1. The van der Waals surface area contributed by atoms with E-state index < -0.39 is 18.0 Å². The van der Waals surface area contributed by atoms with Gasteiger partial charge >= 0.3 is 11.8 Å². The summed E-state index contributed by atoms with van der Waals surface area (Å²) in [4.78, 5) is 36.7. The van der Waals surface area contributed by atoms with Gasteiger partial charge in [-0.25, -0.2) is 14.0 Å². The Kier molecular flexibility index (Phi) is 4.73. The van der Waals surface area contributed by atoms with Crippen LogP contribution in [0.15, 0.2) is 29.2 Å². The number of aromatic nitrogens is 2. The normalized spacial score (nSPS) is 17.9. The van der Waals surface area contributed by atoms with Crippen LogP contribution in [0.25, 0.3) is 11.6 Å². The van der Waals surface area contributed by atoms with E-state index in [1.165, 1.54) is 17.9 Å². The Balaban J connectivity index is 1.52. The summed E-state index contributed by atoms with van der Waals surface area (Å²) in [5.41, 5.74) is 2.11. The van der Waals surface area contributed by atoms with Gasteiger partial charge < -0.3 is 10.1 Å². The van der Waals surface area contributed by atoms with Crippen LogP contribution in [0.4, 0.5) is 14.9 Å². The molecule has 3 heterocycles. The number of hydrogen-bond donors (Lipinski definition) is 1. The number of aryl methyl sites for hydroxylation is 1. The molecule has 9 heteroatoms. The lowest BCUT2D eigenvalue weighted by molar-refractivity contribution is -0.119. The molecule has 8 nitrogen and oxygen atoms in total. The van der Waals surface area contributed by atoms with Gasteiger partial charge in [0.2, 0.25) is 5.91 Å². The van der Waals surface area contributed by atoms with Gasteiger partial charge in [0.05, 0.1) is 31.0 Å². The van der Waals surface area contributed by atoms with Gasteiger partial charge in [0, 0.05) is 25.2 Å². The van der Waals surface area contributed by atoms with Gasteiger partial charge in [-0.15, -0.1) is 0 Å². The molecule has 152 valence electrons. The largest absolute Gasteiger partial charge is 0.442 e. The summed E-state index contributed by atoms with van der Waals surface area (Å²) in [5, 5.41) is 2.60. The number of imidazole rings is 1. The van der Waals surface area contributed by atoms with E-state index in [0.717, 1.165) is 5.69 Å². The SMILES string of the molecule is CCn1cc2n(c1=O)CC(c1ccc(N3C[C@H](CNC(C)=O)OC3=O)cc1F)=C2. The van der Waals surface area contributed by atoms with E-state index in [1.807, 2.05) is 6.92 Å². The number of carbonyl (C=O) groups is 2. The Morgan fingerprint density at radius 1 is 1.34 bits per heavy atom. The van der Waals surface area contributed by atoms with Gasteiger partial charge in [0.25, 0.3) is 0 Å². The molecule has 0 spiro atoms. The molecule has 1 aromatic heterocycles. The van der Waals surface area contributed by atoms with Crippen molar-refractivity contribution in [3.05, 3.63) is 52.0 Å². The molecule has 0 aliphatic carbocycles. The summed E-state index contributed by atoms with van der Waals surface area (Å²) in [6.07, 6.45) is 2.50. The molecule has 2 aliphatic rings. The first kappa shape index (κ1) is 19.0. The van der Waals surface area contributed by atoms with E-state index in [-0.39, 0.29) is 24.7 Å². The molecule has 0 bridgehead atoms. The van der Waals surface area contributed by atoms with Crippen molar-refractivity contribution in [1.82, 2.24) is 14.5 Å². The second kappa shape index (κ2) is 7.23. The Morgan fingerprint density at radius 3 is 2.79 bits per heavy atom. The van der Waals surface area contributed by atoms with Crippen LogP contribution in [0.2, 0.25) is 0 Å². The second-order valence-electron chi connectivity index (χ2n) is 7.10. The second-order valence-corrected chi connectivity index (χ2v) is 7.10. The minimum atomic E-state index is -0.580. The Morgan fingerprint density at radius 2 is 2.14 bits per heavy atom. The zero-order chi connectivity index (χ0) is 20.7. The fraction of sp³-hybridized carbons (Fsp3) is 0.350. The summed E-state index contributed by atoms with van der Waals surface area (Å²) >= 11 is 0. The van der Waals surface area contributed by atoms with Gasteiger partial charge in [-0.2, -0.15) is 0 Å². The van der Waals surface area contributed by atoms with Crippen LogP contribution < -0.4 is 15.9 Å². The van der Waals surface area contributed by atoms with Crippen LogP contribution >= 0.6 is 0 Å². The molecule has 1 N–H and O–H groups in total. The van der Waals surface area contributed by atoms with Crippen molar-refractivity contribution in [3.8, 4) is 0 Å². The zero-order valence-corrected chi connectivity index (χ0v) is 16.1. The molecular formula is C20H21FN4O4. The van der Waals surface area contributed by atoms with Crippen molar-refractivity contribution in [2.45, 2.75) is 33.0 Å². The number of benzene rings is 1. The quantitative estimate of drug-likeness (QED) is 0.830. The molecule has 0 radical (unpaired) electrons. The smallest absolute Gasteiger partial charge is 0.414 e. The third-order valence-electron chi connectivity index (χ3n) is 5.13. The van der Waals surface area contributed by atoms with Gasteiger partial charge in [-0.05, 0) is 36.8 Å². The number of rotatable bonds is 5. The van der Waals surface area contributed by atoms with Gasteiger partial charge in [-0.3, -0.25) is 18.8 Å². The topological polar surface area (TPSA) is 85.6 Å². The lowest BCUT2D eigenvalue weighted by Crippen LogP contribution is -2.33. The third-order valence-corrected chi connectivity index (χ3v) is 5.13. The fourth-order valence-electron chi connectivity index (χ4n) is 3.64. The molecule has 1 saturated heterocycles. The predicted molar refractivity (Wildman–Crippen MR) is 105 cm³/mol. The van der Waals surface area contributed by atoms with Crippen molar-refractivity contribution in [2.75, 3.05) is 18.0 Å². The highest BCUT2D eigenvalue weighted by Gasteiger charge is 2.33. The number of nitrogens with one attached hydrogen (secondary N) is 1. The molecule has 0 saturated carbocycles. The van der Waals surface area contributed by atoms with Gasteiger partial charge in [0.1, 0.15) is 11.9 Å². The minimum Gasteiger partial charge on any atom is -0.442 e. The number of anilines is 1. The molecule has 1 fully saturated rings. The van der Waals surface area contributed by atoms with Crippen LogP contribution in [0, 0.1) is 5.82 Å². The molecule has 1 aromatic carbocycles. The monoisotopic (exact) mass is 400 g/mol. The maximum atomic E-state index is 14.8. The van der Waals surface area contributed by atoms with Gasteiger partial charge in [-0.1, -0.05) is 0 Å². The maximum absolute atomic E-state index is 14.8. The summed E-state index contributed by atoms with van der Waals surface area (Å²) in [7, 11) is 0. The predicted octanol–water partition coefficient (Wildman–Crippen LogP) is 1.82. The highest BCUT2D eigenvalue weighted by atomic mass is 19.1. The molecule has 4 rings (SSSR count). The van der Waals surface area contributed by atoms with E-state index in [9.17, 15) is 18.8 Å². The number of cyclic esters (lactones) is 1. The first-order valence-electron chi connectivity index (χ1n) is 9.40. The zero-order valence-electron chi connectivity index (χ0n) is 16.1. The van der Waals surface area contributed by atoms with E-state index in [4.69, 9.17) is 4.74 Å². The maximum Gasteiger partial charge on any atom is 0.414 e. The molecule has 29 heavy (non-hydrogen) atoms. The lowest BCUT2D eigenvalue weighted by Gasteiger charge is -2.15. The number of hydrogen-bond acceptors (Lipinski definition) is 4. The lowest BCUT2D eigenvalue weighted by atomic mass is 10.0. The number of fused-ring (bicyclic) bond motifs is 1. The number of halogens is 1. The highest BCUT2D eigenvalue weighted by Crippen LogP contribution is 2.31. The number of nitrogens with zero attached hydrogens (tertiary/aromatic N) is 3. The van der Waals surface area contributed by atoms with E-state index in [2.05, 4.69) is 5.32 Å².